The normalized spacial score (nSPS) is 20.9. The van der Waals surface area contributed by atoms with Crippen LogP contribution < -0.4 is 10.0 Å². The molecule has 0 aromatic heterocycles. The molecular formula is C40H48N2O8. The molecule has 0 saturated carbocycles. The minimum absolute atomic E-state index is 0.102. The predicted molar refractivity (Wildman–Crippen MR) is 186 cm³/mol. The lowest BCUT2D eigenvalue weighted by Crippen LogP contribution is -3.19. The van der Waals surface area contributed by atoms with Crippen LogP contribution in [0.3, 0.4) is 0 Å². The van der Waals surface area contributed by atoms with E-state index in [2.05, 4.69) is 59.5 Å². The lowest BCUT2D eigenvalue weighted by molar-refractivity contribution is -0.943. The number of benzene rings is 3. The molecule has 2 heterocycles. The first-order chi connectivity index (χ1) is 24.1. The smallest absolute Gasteiger partial charge is 0.328 e. The number of piperidine rings is 2. The maximum atomic E-state index is 13.4. The SMILES string of the molecule is CCOC(=O)C1(c2ccccc2)CCN(C(Cc2ccccc2)[NH+]2CCC(C(=O)OCC)(c3ccccc3)CC2)CC1.O=C([O-])/C=C\C(=O)O. The quantitative estimate of drug-likeness (QED) is 0.218. The molecular weight excluding hydrogens is 636 g/mol. The second-order valence-corrected chi connectivity index (χ2v) is 12.7. The summed E-state index contributed by atoms with van der Waals surface area (Å²) in [5.41, 5.74) is 2.20. The van der Waals surface area contributed by atoms with Gasteiger partial charge in [-0.2, -0.15) is 0 Å². The molecule has 50 heavy (non-hydrogen) atoms. The van der Waals surface area contributed by atoms with Gasteiger partial charge in [0.15, 0.2) is 0 Å². The topological polar surface area (TPSA) is 138 Å². The van der Waals surface area contributed by atoms with Gasteiger partial charge in [0, 0.05) is 38.4 Å². The van der Waals surface area contributed by atoms with Gasteiger partial charge in [0.1, 0.15) is 11.6 Å². The van der Waals surface area contributed by atoms with Crippen LogP contribution in [0.4, 0.5) is 0 Å². The molecule has 2 aliphatic rings. The third-order valence-corrected chi connectivity index (χ3v) is 9.93. The summed E-state index contributed by atoms with van der Waals surface area (Å²) in [7, 11) is 0. The molecule has 5 rings (SSSR count). The molecule has 0 aliphatic carbocycles. The number of nitrogens with zero attached hydrogens (tertiary/aromatic N) is 1. The summed E-state index contributed by atoms with van der Waals surface area (Å²) in [5, 5.41) is 17.2. The summed E-state index contributed by atoms with van der Waals surface area (Å²) in [6, 6.07) is 31.1. The number of hydrogen-bond acceptors (Lipinski definition) is 8. The third kappa shape index (κ3) is 9.46. The molecule has 2 fully saturated rings. The van der Waals surface area contributed by atoms with Crippen LogP contribution in [0, 0.1) is 0 Å². The Hall–Kier alpha value is -4.80. The van der Waals surface area contributed by atoms with Gasteiger partial charge in [0.25, 0.3) is 0 Å². The Morgan fingerprint density at radius 1 is 0.740 bits per heavy atom. The molecule has 1 atom stereocenters. The van der Waals surface area contributed by atoms with Crippen LogP contribution in [0.2, 0.25) is 0 Å². The maximum Gasteiger partial charge on any atom is 0.328 e. The lowest BCUT2D eigenvalue weighted by atomic mass is 9.72. The Balaban J connectivity index is 0.000000627. The van der Waals surface area contributed by atoms with Gasteiger partial charge >= 0.3 is 17.9 Å². The Morgan fingerprint density at radius 2 is 1.18 bits per heavy atom. The monoisotopic (exact) mass is 684 g/mol. The van der Waals surface area contributed by atoms with E-state index in [1.807, 2.05) is 50.2 Å². The minimum atomic E-state index is -1.51. The van der Waals surface area contributed by atoms with Gasteiger partial charge in [-0.25, -0.2) is 4.79 Å². The highest BCUT2D eigenvalue weighted by Gasteiger charge is 2.50. The standard InChI is InChI=1S/C36H44N2O4.C4H4O4/c1-3-41-33(39)35(30-16-10-6-11-17-30)20-24-37(25-21-35)32(28-29-14-8-5-9-15-29)38-26-22-36(23-27-38,34(40)42-4-2)31-18-12-7-13-19-31;5-3(6)1-2-4(7)8/h5-19,32H,3-4,20-28H2,1-2H3;1-2H,(H,5,6)(H,7,8)/b;2-1-. The molecule has 3 aromatic rings. The number of carboxylic acids is 2. The van der Waals surface area contributed by atoms with Crippen molar-refractivity contribution in [3.8, 4) is 0 Å². The summed E-state index contributed by atoms with van der Waals surface area (Å²) in [6.07, 6.45) is 5.07. The van der Waals surface area contributed by atoms with E-state index in [-0.39, 0.29) is 18.1 Å². The van der Waals surface area contributed by atoms with Gasteiger partial charge in [0.05, 0.1) is 37.7 Å². The summed E-state index contributed by atoms with van der Waals surface area (Å²) >= 11 is 0. The molecule has 2 saturated heterocycles. The first-order valence-corrected chi connectivity index (χ1v) is 17.3. The van der Waals surface area contributed by atoms with Crippen LogP contribution in [-0.2, 0) is 45.9 Å². The molecule has 2 aliphatic heterocycles. The van der Waals surface area contributed by atoms with Crippen LogP contribution >= 0.6 is 0 Å². The predicted octanol–water partition coefficient (Wildman–Crippen LogP) is 2.71. The fraction of sp³-hybridized carbons (Fsp3) is 0.400. The largest absolute Gasteiger partial charge is 0.545 e. The van der Waals surface area contributed by atoms with Crippen LogP contribution in [-0.4, -0.2) is 79.4 Å². The van der Waals surface area contributed by atoms with Crippen molar-refractivity contribution >= 4 is 23.9 Å². The second-order valence-electron chi connectivity index (χ2n) is 12.7. The van der Waals surface area contributed by atoms with Crippen molar-refractivity contribution in [3.63, 3.8) is 0 Å². The number of nitrogens with one attached hydrogen (secondary N) is 1. The van der Waals surface area contributed by atoms with Crippen molar-refractivity contribution in [3.05, 3.63) is 120 Å². The average molecular weight is 685 g/mol. The van der Waals surface area contributed by atoms with Crippen LogP contribution in [0.15, 0.2) is 103 Å². The van der Waals surface area contributed by atoms with Crippen LogP contribution in [0.5, 0.6) is 0 Å². The number of ether oxygens (including phenoxy) is 2. The number of aliphatic carboxylic acids is 2. The molecule has 0 bridgehead atoms. The van der Waals surface area contributed by atoms with Gasteiger partial charge in [-0.05, 0) is 49.5 Å². The van der Waals surface area contributed by atoms with Crippen molar-refractivity contribution in [2.24, 2.45) is 0 Å². The summed E-state index contributed by atoms with van der Waals surface area (Å²) in [5.74, 6) is -3.01. The summed E-state index contributed by atoms with van der Waals surface area (Å²) in [4.78, 5) is 49.9. The van der Waals surface area contributed by atoms with Crippen molar-refractivity contribution in [2.45, 2.75) is 62.9 Å². The molecule has 2 N–H and O–H groups in total. The van der Waals surface area contributed by atoms with Gasteiger partial charge in [-0.3, -0.25) is 14.5 Å². The first kappa shape index (κ1) is 38.0. The number of likely N-dealkylation sites (tertiary alicyclic amines) is 2. The number of esters is 2. The van der Waals surface area contributed by atoms with E-state index in [1.165, 1.54) is 10.5 Å². The number of carbonyl (C=O) groups is 4. The first-order valence-electron chi connectivity index (χ1n) is 17.3. The number of quaternary nitrogens is 1. The molecule has 3 aromatic carbocycles. The maximum absolute atomic E-state index is 13.4. The summed E-state index contributed by atoms with van der Waals surface area (Å²) < 4.78 is 11.3. The van der Waals surface area contributed by atoms with E-state index in [0.717, 1.165) is 69.4 Å². The molecule has 10 nitrogen and oxygen atoms in total. The molecule has 10 heteroatoms. The molecule has 1 unspecified atom stereocenters. The number of hydrogen-bond donors (Lipinski definition) is 2. The Bertz CT molecular complexity index is 1470. The van der Waals surface area contributed by atoms with E-state index in [1.54, 1.807) is 0 Å². The Kier molecular flexibility index (Phi) is 13.9. The number of carboxylic acid groups (broad SMARTS) is 2. The van der Waals surface area contributed by atoms with Crippen molar-refractivity contribution in [2.75, 3.05) is 39.4 Å². The second kappa shape index (κ2) is 18.3. The molecule has 266 valence electrons. The molecule has 0 radical (unpaired) electrons. The van der Waals surface area contributed by atoms with E-state index in [4.69, 9.17) is 14.6 Å². The zero-order valence-electron chi connectivity index (χ0n) is 28.9. The highest BCUT2D eigenvalue weighted by atomic mass is 16.5. The fourth-order valence-electron chi connectivity index (χ4n) is 7.33. The fourth-order valence-corrected chi connectivity index (χ4v) is 7.33. The van der Waals surface area contributed by atoms with Gasteiger partial charge in [-0.1, -0.05) is 91.0 Å². The number of carbonyl (C=O) groups excluding carboxylic acids is 3. The average Bonchev–Trinajstić information content (AvgIpc) is 3.15. The van der Waals surface area contributed by atoms with E-state index >= 15 is 0 Å². The number of rotatable bonds is 12. The van der Waals surface area contributed by atoms with Crippen LogP contribution in [0.1, 0.15) is 56.2 Å². The van der Waals surface area contributed by atoms with Crippen molar-refractivity contribution in [1.29, 1.82) is 0 Å². The lowest BCUT2D eigenvalue weighted by Gasteiger charge is -2.47. The zero-order valence-corrected chi connectivity index (χ0v) is 28.9. The Morgan fingerprint density at radius 3 is 1.58 bits per heavy atom. The summed E-state index contributed by atoms with van der Waals surface area (Å²) in [6.45, 7) is 7.93. The highest BCUT2D eigenvalue weighted by Crippen LogP contribution is 2.38. The van der Waals surface area contributed by atoms with Crippen LogP contribution in [0.25, 0.3) is 0 Å². The van der Waals surface area contributed by atoms with Gasteiger partial charge in [0.2, 0.25) is 0 Å². The minimum Gasteiger partial charge on any atom is -0.545 e. The van der Waals surface area contributed by atoms with Crippen molar-refractivity contribution < 1.29 is 43.8 Å². The third-order valence-electron chi connectivity index (χ3n) is 9.93. The van der Waals surface area contributed by atoms with Gasteiger partial charge in [-0.15, -0.1) is 0 Å². The molecule has 0 amide bonds. The van der Waals surface area contributed by atoms with Crippen molar-refractivity contribution in [1.82, 2.24) is 4.90 Å². The highest BCUT2D eigenvalue weighted by molar-refractivity contribution is 5.88. The van der Waals surface area contributed by atoms with E-state index in [9.17, 15) is 24.3 Å². The van der Waals surface area contributed by atoms with E-state index < -0.39 is 22.8 Å². The Labute approximate surface area is 294 Å². The molecule has 0 spiro atoms. The van der Waals surface area contributed by atoms with Gasteiger partial charge < -0.3 is 29.4 Å². The zero-order chi connectivity index (χ0) is 36.0. The van der Waals surface area contributed by atoms with E-state index in [0.29, 0.717) is 25.4 Å².